The Bertz CT molecular complexity index is 698. The van der Waals surface area contributed by atoms with Crippen LogP contribution in [0.1, 0.15) is 23.2 Å². The Kier molecular flexibility index (Phi) is 3.88. The minimum absolute atomic E-state index is 0.0710. The summed E-state index contributed by atoms with van der Waals surface area (Å²) in [7, 11) is 0. The lowest BCUT2D eigenvalue weighted by molar-refractivity contribution is 0.0704. The first kappa shape index (κ1) is 14.0. The average Bonchev–Trinajstić information content (AvgIpc) is 2.53. The van der Waals surface area contributed by atoms with Gasteiger partial charge in [0.2, 0.25) is 0 Å². The molecule has 1 fully saturated rings. The van der Waals surface area contributed by atoms with Crippen molar-refractivity contribution in [1.82, 2.24) is 4.90 Å². The second kappa shape index (κ2) is 5.82. The van der Waals surface area contributed by atoms with Gasteiger partial charge in [-0.05, 0) is 35.7 Å². The van der Waals surface area contributed by atoms with Crippen molar-refractivity contribution < 1.29 is 4.79 Å². The second-order valence-electron chi connectivity index (χ2n) is 5.55. The van der Waals surface area contributed by atoms with Gasteiger partial charge in [0, 0.05) is 24.6 Å². The highest BCUT2D eigenvalue weighted by atomic mass is 32.1. The number of thiocarbonyl (C=S) groups is 1. The summed E-state index contributed by atoms with van der Waals surface area (Å²) in [6, 6.07) is 13.9. The van der Waals surface area contributed by atoms with E-state index in [2.05, 4.69) is 0 Å². The van der Waals surface area contributed by atoms with Crippen LogP contribution in [0.25, 0.3) is 10.8 Å². The Hall–Kier alpha value is -1.94. The summed E-state index contributed by atoms with van der Waals surface area (Å²) in [6.07, 6.45) is 1.94. The zero-order valence-corrected chi connectivity index (χ0v) is 12.6. The van der Waals surface area contributed by atoms with Crippen LogP contribution in [0.4, 0.5) is 0 Å². The van der Waals surface area contributed by atoms with E-state index < -0.39 is 0 Å². The molecule has 1 unspecified atom stereocenters. The Morgan fingerprint density at radius 2 is 1.95 bits per heavy atom. The van der Waals surface area contributed by atoms with Gasteiger partial charge in [0.05, 0.1) is 4.99 Å². The highest BCUT2D eigenvalue weighted by molar-refractivity contribution is 7.80. The lowest BCUT2D eigenvalue weighted by Crippen LogP contribution is -2.43. The molecule has 3 nitrogen and oxygen atoms in total. The van der Waals surface area contributed by atoms with Gasteiger partial charge >= 0.3 is 0 Å². The van der Waals surface area contributed by atoms with Crippen molar-refractivity contribution in [2.75, 3.05) is 13.1 Å². The van der Waals surface area contributed by atoms with Crippen LogP contribution >= 0.6 is 12.2 Å². The van der Waals surface area contributed by atoms with E-state index in [1.165, 1.54) is 0 Å². The third kappa shape index (κ3) is 2.90. The molecule has 0 aromatic heterocycles. The molecular weight excluding hydrogens is 280 g/mol. The minimum atomic E-state index is 0.0710. The predicted octanol–water partition coefficient (Wildman–Crippen LogP) is 2.98. The van der Waals surface area contributed by atoms with Gasteiger partial charge in [-0.15, -0.1) is 0 Å². The number of likely N-dealkylation sites (tertiary alicyclic amines) is 1. The summed E-state index contributed by atoms with van der Waals surface area (Å²) >= 11 is 5.07. The number of fused-ring (bicyclic) bond motifs is 1. The van der Waals surface area contributed by atoms with Gasteiger partial charge in [-0.25, -0.2) is 0 Å². The van der Waals surface area contributed by atoms with E-state index in [-0.39, 0.29) is 11.8 Å². The maximum atomic E-state index is 12.7. The fourth-order valence-corrected chi connectivity index (χ4v) is 3.09. The van der Waals surface area contributed by atoms with E-state index in [1.54, 1.807) is 0 Å². The molecule has 0 radical (unpaired) electrons. The number of piperidine rings is 1. The van der Waals surface area contributed by atoms with E-state index in [9.17, 15) is 4.79 Å². The molecule has 1 saturated heterocycles. The summed E-state index contributed by atoms with van der Waals surface area (Å²) < 4.78 is 0. The molecular formula is C17H18N2OS. The van der Waals surface area contributed by atoms with Gasteiger partial charge in [0.25, 0.3) is 5.91 Å². The summed E-state index contributed by atoms with van der Waals surface area (Å²) in [5.74, 6) is 0.222. The molecule has 2 aromatic rings. The third-order valence-electron chi connectivity index (χ3n) is 4.11. The van der Waals surface area contributed by atoms with Crippen molar-refractivity contribution in [3.05, 3.63) is 48.0 Å². The summed E-state index contributed by atoms with van der Waals surface area (Å²) in [5.41, 5.74) is 6.47. The molecule has 3 rings (SSSR count). The number of rotatable bonds is 2. The monoisotopic (exact) mass is 298 g/mol. The van der Waals surface area contributed by atoms with Crippen molar-refractivity contribution >= 4 is 33.9 Å². The molecule has 2 N–H and O–H groups in total. The van der Waals surface area contributed by atoms with Gasteiger partial charge in [-0.1, -0.05) is 42.5 Å². The van der Waals surface area contributed by atoms with Gasteiger partial charge in [-0.2, -0.15) is 0 Å². The lowest BCUT2D eigenvalue weighted by atomic mass is 9.97. The number of hydrogen-bond acceptors (Lipinski definition) is 2. The smallest absolute Gasteiger partial charge is 0.253 e. The van der Waals surface area contributed by atoms with Crippen molar-refractivity contribution in [1.29, 1.82) is 0 Å². The maximum absolute atomic E-state index is 12.7. The van der Waals surface area contributed by atoms with Crippen LogP contribution in [-0.4, -0.2) is 28.9 Å². The molecule has 4 heteroatoms. The predicted molar refractivity (Wildman–Crippen MR) is 89.4 cm³/mol. The van der Waals surface area contributed by atoms with Crippen LogP contribution in [0.2, 0.25) is 0 Å². The van der Waals surface area contributed by atoms with Crippen LogP contribution < -0.4 is 5.73 Å². The summed E-state index contributed by atoms with van der Waals surface area (Å²) in [5, 5.41) is 2.24. The van der Waals surface area contributed by atoms with E-state index in [0.29, 0.717) is 11.5 Å². The third-order valence-corrected chi connectivity index (χ3v) is 4.44. The Morgan fingerprint density at radius 1 is 1.19 bits per heavy atom. The van der Waals surface area contributed by atoms with Crippen LogP contribution in [0.15, 0.2) is 42.5 Å². The number of nitrogens with two attached hydrogens (primary N) is 1. The molecule has 1 aliphatic rings. The van der Waals surface area contributed by atoms with Crippen LogP contribution in [0, 0.1) is 5.92 Å². The number of nitrogens with zero attached hydrogens (tertiary/aromatic N) is 1. The van der Waals surface area contributed by atoms with Crippen LogP contribution in [-0.2, 0) is 0 Å². The Morgan fingerprint density at radius 3 is 2.71 bits per heavy atom. The molecule has 108 valence electrons. The largest absolute Gasteiger partial charge is 0.393 e. The number of amides is 1. The molecule has 0 saturated carbocycles. The van der Waals surface area contributed by atoms with Crippen molar-refractivity contribution in [2.24, 2.45) is 11.7 Å². The van der Waals surface area contributed by atoms with E-state index in [1.807, 2.05) is 47.4 Å². The number of benzene rings is 2. The quantitative estimate of drug-likeness (QED) is 0.867. The molecule has 1 aliphatic heterocycles. The molecule has 1 heterocycles. The highest BCUT2D eigenvalue weighted by Gasteiger charge is 2.25. The van der Waals surface area contributed by atoms with E-state index >= 15 is 0 Å². The molecule has 1 atom stereocenters. The van der Waals surface area contributed by atoms with Crippen molar-refractivity contribution in [3.63, 3.8) is 0 Å². The van der Waals surface area contributed by atoms with Crippen molar-refractivity contribution in [3.8, 4) is 0 Å². The number of carbonyl (C=O) groups excluding carboxylic acids is 1. The minimum Gasteiger partial charge on any atom is -0.393 e. The van der Waals surface area contributed by atoms with Gasteiger partial charge in [0.1, 0.15) is 0 Å². The first-order valence-electron chi connectivity index (χ1n) is 7.22. The SMILES string of the molecule is NC(=S)C1CCCN(C(=O)c2ccc3ccccc3c2)C1. The Labute approximate surface area is 129 Å². The highest BCUT2D eigenvalue weighted by Crippen LogP contribution is 2.21. The van der Waals surface area contributed by atoms with Gasteiger partial charge in [0.15, 0.2) is 0 Å². The van der Waals surface area contributed by atoms with E-state index in [0.717, 1.165) is 35.7 Å². The van der Waals surface area contributed by atoms with Gasteiger partial charge < -0.3 is 10.6 Å². The molecule has 0 spiro atoms. The Balaban J connectivity index is 1.84. The summed E-state index contributed by atoms with van der Waals surface area (Å²) in [4.78, 5) is 15.0. The zero-order chi connectivity index (χ0) is 14.8. The normalized spacial score (nSPS) is 18.7. The second-order valence-corrected chi connectivity index (χ2v) is 6.03. The molecule has 1 amide bonds. The lowest BCUT2D eigenvalue weighted by Gasteiger charge is -2.32. The van der Waals surface area contributed by atoms with Crippen LogP contribution in [0.5, 0.6) is 0 Å². The molecule has 0 aliphatic carbocycles. The van der Waals surface area contributed by atoms with Crippen molar-refractivity contribution in [2.45, 2.75) is 12.8 Å². The molecule has 21 heavy (non-hydrogen) atoms. The average molecular weight is 298 g/mol. The molecule has 2 aromatic carbocycles. The molecule has 0 bridgehead atoms. The zero-order valence-electron chi connectivity index (χ0n) is 11.8. The number of hydrogen-bond donors (Lipinski definition) is 1. The fourth-order valence-electron chi connectivity index (χ4n) is 2.90. The van der Waals surface area contributed by atoms with Crippen LogP contribution in [0.3, 0.4) is 0 Å². The summed E-state index contributed by atoms with van der Waals surface area (Å²) in [6.45, 7) is 1.42. The first-order valence-corrected chi connectivity index (χ1v) is 7.63. The first-order chi connectivity index (χ1) is 10.1. The standard InChI is InChI=1S/C17H18N2OS/c18-16(21)15-6-3-9-19(11-15)17(20)14-8-7-12-4-1-2-5-13(12)10-14/h1-2,4-5,7-8,10,15H,3,6,9,11H2,(H2,18,21). The van der Waals surface area contributed by atoms with E-state index in [4.69, 9.17) is 18.0 Å². The number of carbonyl (C=O) groups is 1. The topological polar surface area (TPSA) is 46.3 Å². The van der Waals surface area contributed by atoms with Gasteiger partial charge in [-0.3, -0.25) is 4.79 Å². The maximum Gasteiger partial charge on any atom is 0.253 e. The fraction of sp³-hybridized carbons (Fsp3) is 0.294.